The third kappa shape index (κ3) is 5.78. The maximum atomic E-state index is 12.5. The number of ether oxygens (including phenoxy) is 1. The number of nitrogens with zero attached hydrogens (tertiary/aromatic N) is 2. The summed E-state index contributed by atoms with van der Waals surface area (Å²) in [5, 5.41) is 21.0. The minimum absolute atomic E-state index is 0.0490. The maximum Gasteiger partial charge on any atom is 0.273 e. The molecule has 42 heavy (non-hydrogen) atoms. The lowest BCUT2D eigenvalue weighted by Gasteiger charge is -2.06. The van der Waals surface area contributed by atoms with Crippen LogP contribution in [-0.4, -0.2) is 58.0 Å². The lowest BCUT2D eigenvalue weighted by Crippen LogP contribution is -2.14. The van der Waals surface area contributed by atoms with Crippen molar-refractivity contribution in [2.24, 2.45) is 9.98 Å². The number of aliphatic imine (C=N–C) groups is 2. The number of nitrogens with one attached hydrogen (secondary N) is 2. The molecule has 0 spiro atoms. The first kappa shape index (κ1) is 31.2. The number of methoxy groups -OCH3 is 1. The Morgan fingerprint density at radius 3 is 1.98 bits per heavy atom. The Kier molecular flexibility index (Phi) is 10.0. The molecule has 2 aliphatic rings. The van der Waals surface area contributed by atoms with Gasteiger partial charge in [-0.1, -0.05) is 27.7 Å². The summed E-state index contributed by atoms with van der Waals surface area (Å²) in [6, 6.07) is 0. The van der Waals surface area contributed by atoms with E-state index in [-0.39, 0.29) is 19.1 Å². The van der Waals surface area contributed by atoms with Crippen molar-refractivity contribution < 1.29 is 19.7 Å². The highest BCUT2D eigenvalue weighted by Crippen LogP contribution is 2.33. The molecule has 0 radical (unpaired) electrons. The Morgan fingerprint density at radius 1 is 0.714 bits per heavy atom. The molecule has 8 nitrogen and oxygen atoms in total. The van der Waals surface area contributed by atoms with Crippen LogP contribution in [0, 0.1) is 13.8 Å². The van der Waals surface area contributed by atoms with Gasteiger partial charge in [0.05, 0.1) is 18.5 Å². The number of aliphatic hydroxyl groups is 2. The Labute approximate surface area is 248 Å². The third-order valence-corrected chi connectivity index (χ3v) is 8.39. The molecule has 4 heterocycles. The van der Waals surface area contributed by atoms with E-state index in [9.17, 15) is 15.0 Å². The molecular formula is C34H44N4O4. The molecule has 0 unspecified atom stereocenters. The number of H-pyrrole nitrogens is 2. The predicted molar refractivity (Wildman–Crippen MR) is 170 cm³/mol. The molecule has 0 saturated heterocycles. The van der Waals surface area contributed by atoms with Gasteiger partial charge in [0, 0.05) is 59.3 Å². The fraction of sp³-hybridized carbons (Fsp3) is 0.441. The van der Waals surface area contributed by atoms with Gasteiger partial charge in [0.25, 0.3) is 5.91 Å². The SMILES string of the molecule is CCC1=C(CCO)C(=O)N=C1C=c1[nH]c(=Cc2[nH]c(/C=C3\N=C(OC)C(CCO)=C3CC)c(C)c2CC)c(CC)c1C. The summed E-state index contributed by atoms with van der Waals surface area (Å²) in [5.41, 5.74) is 12.0. The van der Waals surface area contributed by atoms with Crippen LogP contribution in [-0.2, 0) is 22.4 Å². The molecule has 0 bridgehead atoms. The number of carbonyl (C=O) groups is 1. The molecular weight excluding hydrogens is 528 g/mol. The molecule has 1 amide bonds. The second-order valence-corrected chi connectivity index (χ2v) is 10.6. The second-order valence-electron chi connectivity index (χ2n) is 10.6. The van der Waals surface area contributed by atoms with Crippen LogP contribution in [0.2, 0.25) is 0 Å². The highest BCUT2D eigenvalue weighted by molar-refractivity contribution is 6.31. The highest BCUT2D eigenvalue weighted by Gasteiger charge is 2.25. The van der Waals surface area contributed by atoms with Crippen molar-refractivity contribution in [3.05, 3.63) is 72.3 Å². The molecule has 0 aliphatic carbocycles. The van der Waals surface area contributed by atoms with Gasteiger partial charge in [0.1, 0.15) is 0 Å². The number of aliphatic hydroxyl groups excluding tert-OH is 2. The van der Waals surface area contributed by atoms with Gasteiger partial charge in [0.15, 0.2) is 0 Å². The lowest BCUT2D eigenvalue weighted by molar-refractivity contribution is -0.114. The summed E-state index contributed by atoms with van der Waals surface area (Å²) >= 11 is 0. The Hall–Kier alpha value is -3.75. The van der Waals surface area contributed by atoms with Crippen LogP contribution in [0.25, 0.3) is 18.2 Å². The number of hydrogen-bond acceptors (Lipinski definition) is 5. The largest absolute Gasteiger partial charge is 0.481 e. The molecule has 4 N–H and O–H groups in total. The van der Waals surface area contributed by atoms with E-state index in [0.29, 0.717) is 36.4 Å². The zero-order valence-electron chi connectivity index (χ0n) is 26.0. The first-order valence-electron chi connectivity index (χ1n) is 15.0. The van der Waals surface area contributed by atoms with E-state index in [1.54, 1.807) is 7.11 Å². The van der Waals surface area contributed by atoms with Gasteiger partial charge in [-0.05, 0) is 91.2 Å². The fourth-order valence-electron chi connectivity index (χ4n) is 6.21. The van der Waals surface area contributed by atoms with Crippen molar-refractivity contribution in [2.45, 2.75) is 80.1 Å². The zero-order valence-corrected chi connectivity index (χ0v) is 26.0. The van der Waals surface area contributed by atoms with Crippen molar-refractivity contribution >= 4 is 35.7 Å². The van der Waals surface area contributed by atoms with Gasteiger partial charge in [-0.25, -0.2) is 9.98 Å². The number of aromatic amines is 2. The summed E-state index contributed by atoms with van der Waals surface area (Å²) in [7, 11) is 1.62. The molecule has 4 rings (SSSR count). The van der Waals surface area contributed by atoms with Crippen molar-refractivity contribution in [3.63, 3.8) is 0 Å². The number of aromatic nitrogens is 2. The Morgan fingerprint density at radius 2 is 1.38 bits per heavy atom. The molecule has 2 aliphatic heterocycles. The number of allylic oxidation sites excluding steroid dienone is 2. The maximum absolute atomic E-state index is 12.5. The minimum Gasteiger partial charge on any atom is -0.481 e. The quantitative estimate of drug-likeness (QED) is 0.321. The smallest absolute Gasteiger partial charge is 0.273 e. The van der Waals surface area contributed by atoms with E-state index < -0.39 is 0 Å². The highest BCUT2D eigenvalue weighted by atomic mass is 16.5. The van der Waals surface area contributed by atoms with Gasteiger partial charge < -0.3 is 24.9 Å². The van der Waals surface area contributed by atoms with Gasteiger partial charge in [-0.15, -0.1) is 0 Å². The molecule has 0 fully saturated rings. The standard InChI is InChI=1S/C34H44N4O4/c1-8-21-19(5)27(16-31-23(10-3)25(12-14-39)33(41)37-31)35-29(21)18-30-22(9-2)20(6)28(36-30)17-32-24(11-4)26(13-15-40)34(38-32)42-7/h16-18,35-36,39-40H,8-15H2,1-7H3/b27-16?,29-18?,32-17-. The fourth-order valence-corrected chi connectivity index (χ4v) is 6.21. The third-order valence-electron chi connectivity index (χ3n) is 8.39. The molecule has 8 heteroatoms. The molecule has 0 aromatic carbocycles. The average molecular weight is 573 g/mol. The van der Waals surface area contributed by atoms with Crippen LogP contribution >= 0.6 is 0 Å². The zero-order chi connectivity index (χ0) is 30.6. The van der Waals surface area contributed by atoms with Crippen molar-refractivity contribution in [3.8, 4) is 0 Å². The summed E-state index contributed by atoms with van der Waals surface area (Å²) in [5.74, 6) is 0.332. The second kappa shape index (κ2) is 13.5. The van der Waals surface area contributed by atoms with Crippen LogP contribution in [0.1, 0.15) is 87.0 Å². The number of hydrogen-bond donors (Lipinski definition) is 4. The van der Waals surface area contributed by atoms with Crippen LogP contribution in [0.4, 0.5) is 0 Å². The van der Waals surface area contributed by atoms with Crippen molar-refractivity contribution in [1.82, 2.24) is 9.97 Å². The van der Waals surface area contributed by atoms with Gasteiger partial charge >= 0.3 is 0 Å². The summed E-state index contributed by atoms with van der Waals surface area (Å²) in [6.45, 7) is 12.6. The van der Waals surface area contributed by atoms with Gasteiger partial charge in [-0.2, -0.15) is 0 Å². The average Bonchev–Trinajstić information content (AvgIpc) is 3.66. The number of rotatable bonds is 11. The van der Waals surface area contributed by atoms with E-state index in [0.717, 1.165) is 69.3 Å². The summed E-state index contributed by atoms with van der Waals surface area (Å²) in [6.07, 6.45) is 10.3. The summed E-state index contributed by atoms with van der Waals surface area (Å²) < 4.78 is 5.54. The predicted octanol–water partition coefficient (Wildman–Crippen LogP) is 4.25. The van der Waals surface area contributed by atoms with Gasteiger partial charge in [0.2, 0.25) is 5.90 Å². The molecule has 0 saturated carbocycles. The van der Waals surface area contributed by atoms with Crippen LogP contribution in [0.5, 0.6) is 0 Å². The Bertz CT molecular complexity index is 1660. The monoisotopic (exact) mass is 572 g/mol. The normalized spacial score (nSPS) is 17.5. The molecule has 0 atom stereocenters. The topological polar surface area (TPSA) is 123 Å². The number of amides is 1. The molecule has 2 aromatic rings. The first-order valence-corrected chi connectivity index (χ1v) is 15.0. The van der Waals surface area contributed by atoms with Crippen LogP contribution in [0.15, 0.2) is 38.0 Å². The van der Waals surface area contributed by atoms with Crippen molar-refractivity contribution in [2.75, 3.05) is 20.3 Å². The van der Waals surface area contributed by atoms with E-state index >= 15 is 0 Å². The Balaban J connectivity index is 1.83. The van der Waals surface area contributed by atoms with E-state index in [4.69, 9.17) is 9.73 Å². The first-order chi connectivity index (χ1) is 20.3. The van der Waals surface area contributed by atoms with Crippen LogP contribution in [0.3, 0.4) is 0 Å². The van der Waals surface area contributed by atoms with Crippen LogP contribution < -0.4 is 10.7 Å². The van der Waals surface area contributed by atoms with Gasteiger partial charge in [-0.3, -0.25) is 4.79 Å². The minimum atomic E-state index is -0.247. The number of carbonyl (C=O) groups excluding carboxylic acids is 1. The van der Waals surface area contributed by atoms with E-state index in [1.165, 1.54) is 16.7 Å². The summed E-state index contributed by atoms with van der Waals surface area (Å²) in [4.78, 5) is 28.8. The lowest BCUT2D eigenvalue weighted by atomic mass is 10.0. The van der Waals surface area contributed by atoms with E-state index in [2.05, 4.69) is 61.7 Å². The van der Waals surface area contributed by atoms with Crippen molar-refractivity contribution in [1.29, 1.82) is 0 Å². The molecule has 2 aromatic heterocycles. The van der Waals surface area contributed by atoms with E-state index in [1.807, 2.05) is 13.0 Å². The molecule has 224 valence electrons.